The first-order valence-corrected chi connectivity index (χ1v) is 9.41. The second-order valence-corrected chi connectivity index (χ2v) is 7.01. The highest BCUT2D eigenvalue weighted by Crippen LogP contribution is 2.23. The topological polar surface area (TPSA) is 111 Å². The summed E-state index contributed by atoms with van der Waals surface area (Å²) in [6, 6.07) is 12.3. The molecule has 8 heteroatoms. The summed E-state index contributed by atoms with van der Waals surface area (Å²) in [5.74, 6) is -0.813. The average molecular weight is 418 g/mol. The number of hydrogen-bond acceptors (Lipinski definition) is 4. The average Bonchev–Trinajstić information content (AvgIpc) is 2.67. The van der Waals surface area contributed by atoms with Crippen molar-refractivity contribution in [3.8, 4) is 0 Å². The molecule has 2 rings (SSSR count). The predicted octanol–water partition coefficient (Wildman–Crippen LogP) is 3.17. The first-order chi connectivity index (χ1) is 13.8. The number of nitrogens with one attached hydrogen (secondary N) is 2. The van der Waals surface area contributed by atoms with Crippen molar-refractivity contribution < 1.29 is 19.1 Å². The molecule has 0 radical (unpaired) electrons. The van der Waals surface area contributed by atoms with Crippen LogP contribution < -0.4 is 16.4 Å². The Labute approximate surface area is 174 Å². The summed E-state index contributed by atoms with van der Waals surface area (Å²) >= 11 is 5.92. The molecule has 0 heterocycles. The highest BCUT2D eigenvalue weighted by molar-refractivity contribution is 6.30. The summed E-state index contributed by atoms with van der Waals surface area (Å²) in [5, 5.41) is 5.99. The summed E-state index contributed by atoms with van der Waals surface area (Å²) in [6.45, 7) is 1.89. The molecule has 0 aliphatic carbocycles. The Hall–Kier alpha value is -3.06. The summed E-state index contributed by atoms with van der Waals surface area (Å²) in [7, 11) is 1.29. The minimum absolute atomic E-state index is 0.0395. The maximum atomic E-state index is 12.8. The van der Waals surface area contributed by atoms with E-state index >= 15 is 0 Å². The number of carbonyl (C=O) groups excluding carboxylic acids is 3. The Balaban J connectivity index is 2.19. The second kappa shape index (κ2) is 10.5. The largest absolute Gasteiger partial charge is 0.469 e. The zero-order chi connectivity index (χ0) is 21.4. The quantitative estimate of drug-likeness (QED) is 0.573. The zero-order valence-electron chi connectivity index (χ0n) is 16.3. The molecule has 7 nitrogen and oxygen atoms in total. The lowest BCUT2D eigenvalue weighted by molar-refractivity contribution is -0.141. The van der Waals surface area contributed by atoms with Crippen molar-refractivity contribution in [3.05, 3.63) is 70.2 Å². The standard InChI is InChI=1S/C21H24ClN3O4/c1-13-5-3-4-6-16(13)18(25-21(23)28)11-19(26)24-17(12-20(27)29-2)14-7-9-15(22)10-8-14/h3-10,17-18H,11-12H2,1-2H3,(H,24,26)(H3,23,25,28)/t17-,18+/m0/s1. The number of urea groups is 1. The number of carbonyl (C=O) groups is 3. The molecule has 29 heavy (non-hydrogen) atoms. The molecule has 0 unspecified atom stereocenters. The normalized spacial score (nSPS) is 12.5. The van der Waals surface area contributed by atoms with Gasteiger partial charge in [-0.1, -0.05) is 48.0 Å². The lowest BCUT2D eigenvalue weighted by Gasteiger charge is -2.22. The van der Waals surface area contributed by atoms with Gasteiger partial charge in [-0.05, 0) is 35.7 Å². The van der Waals surface area contributed by atoms with E-state index in [1.165, 1.54) is 7.11 Å². The van der Waals surface area contributed by atoms with E-state index in [1.54, 1.807) is 24.3 Å². The zero-order valence-corrected chi connectivity index (χ0v) is 17.0. The summed E-state index contributed by atoms with van der Waals surface area (Å²) < 4.78 is 4.74. The number of nitrogens with two attached hydrogens (primary N) is 1. The third-order valence-corrected chi connectivity index (χ3v) is 4.73. The fraction of sp³-hybridized carbons (Fsp3) is 0.286. The number of benzene rings is 2. The number of amides is 3. The number of ether oxygens (including phenoxy) is 1. The van der Waals surface area contributed by atoms with Crippen LogP contribution >= 0.6 is 11.6 Å². The monoisotopic (exact) mass is 417 g/mol. The number of primary amides is 1. The van der Waals surface area contributed by atoms with Gasteiger partial charge in [-0.15, -0.1) is 0 Å². The molecule has 0 fully saturated rings. The van der Waals surface area contributed by atoms with Gasteiger partial charge >= 0.3 is 12.0 Å². The fourth-order valence-corrected chi connectivity index (χ4v) is 3.15. The van der Waals surface area contributed by atoms with Crippen LogP contribution in [-0.2, 0) is 14.3 Å². The second-order valence-electron chi connectivity index (χ2n) is 6.57. The van der Waals surface area contributed by atoms with E-state index < -0.39 is 24.1 Å². The molecule has 0 aliphatic heterocycles. The lowest BCUT2D eigenvalue weighted by Crippen LogP contribution is -2.38. The predicted molar refractivity (Wildman–Crippen MR) is 110 cm³/mol. The van der Waals surface area contributed by atoms with Gasteiger partial charge in [-0.3, -0.25) is 9.59 Å². The van der Waals surface area contributed by atoms with Crippen LogP contribution in [0.3, 0.4) is 0 Å². The van der Waals surface area contributed by atoms with E-state index in [1.807, 2.05) is 31.2 Å². The van der Waals surface area contributed by atoms with Crippen LogP contribution in [0.5, 0.6) is 0 Å². The SMILES string of the molecule is COC(=O)C[C@H](NC(=O)C[C@@H](NC(N)=O)c1ccccc1C)c1ccc(Cl)cc1. The van der Waals surface area contributed by atoms with Gasteiger partial charge in [-0.25, -0.2) is 4.79 Å². The number of rotatable bonds is 8. The number of aryl methyl sites for hydroxylation is 1. The van der Waals surface area contributed by atoms with E-state index in [-0.39, 0.29) is 18.7 Å². The van der Waals surface area contributed by atoms with Crippen molar-refractivity contribution >= 4 is 29.5 Å². The van der Waals surface area contributed by atoms with E-state index in [0.29, 0.717) is 10.6 Å². The lowest BCUT2D eigenvalue weighted by atomic mass is 9.97. The number of methoxy groups -OCH3 is 1. The van der Waals surface area contributed by atoms with E-state index in [4.69, 9.17) is 22.1 Å². The molecule has 0 aliphatic rings. The highest BCUT2D eigenvalue weighted by Gasteiger charge is 2.23. The third-order valence-electron chi connectivity index (χ3n) is 4.48. The molecule has 0 aromatic heterocycles. The molecule has 0 saturated carbocycles. The number of esters is 1. The van der Waals surface area contributed by atoms with Crippen LogP contribution in [0.4, 0.5) is 4.79 Å². The van der Waals surface area contributed by atoms with Crippen LogP contribution in [0.25, 0.3) is 0 Å². The third kappa shape index (κ3) is 6.80. The molecular formula is C21H24ClN3O4. The van der Waals surface area contributed by atoms with Crippen LogP contribution in [-0.4, -0.2) is 25.0 Å². The molecule has 154 valence electrons. The van der Waals surface area contributed by atoms with Gasteiger partial charge in [-0.2, -0.15) is 0 Å². The van der Waals surface area contributed by atoms with Gasteiger partial charge in [0.1, 0.15) is 0 Å². The van der Waals surface area contributed by atoms with Crippen molar-refractivity contribution in [2.45, 2.75) is 31.8 Å². The molecular weight excluding hydrogens is 394 g/mol. The van der Waals surface area contributed by atoms with Crippen molar-refractivity contribution in [2.75, 3.05) is 7.11 Å². The Kier molecular flexibility index (Phi) is 8.03. The minimum Gasteiger partial charge on any atom is -0.469 e. The van der Waals surface area contributed by atoms with Gasteiger partial charge in [0.05, 0.1) is 32.0 Å². The molecule has 3 amide bonds. The van der Waals surface area contributed by atoms with Crippen molar-refractivity contribution in [2.24, 2.45) is 5.73 Å². The van der Waals surface area contributed by atoms with Gasteiger partial charge in [0.25, 0.3) is 0 Å². The Bertz CT molecular complexity index is 870. The van der Waals surface area contributed by atoms with Crippen LogP contribution in [0.1, 0.15) is 41.6 Å². The van der Waals surface area contributed by atoms with Gasteiger partial charge in [0, 0.05) is 5.02 Å². The fourth-order valence-electron chi connectivity index (χ4n) is 3.02. The van der Waals surface area contributed by atoms with Crippen LogP contribution in [0.15, 0.2) is 48.5 Å². The van der Waals surface area contributed by atoms with E-state index in [9.17, 15) is 14.4 Å². The van der Waals surface area contributed by atoms with Crippen molar-refractivity contribution in [1.82, 2.24) is 10.6 Å². The van der Waals surface area contributed by atoms with Gasteiger partial charge in [0.15, 0.2) is 0 Å². The minimum atomic E-state index is -0.727. The van der Waals surface area contributed by atoms with Crippen LogP contribution in [0.2, 0.25) is 5.02 Å². The number of hydrogen-bond donors (Lipinski definition) is 3. The van der Waals surface area contributed by atoms with E-state index in [2.05, 4.69) is 10.6 Å². The maximum absolute atomic E-state index is 12.8. The molecule has 2 atom stereocenters. The first kappa shape index (κ1) is 22.2. The summed E-state index contributed by atoms with van der Waals surface area (Å²) in [5.41, 5.74) is 7.71. The van der Waals surface area contributed by atoms with Crippen molar-refractivity contribution in [3.63, 3.8) is 0 Å². The molecule has 2 aromatic carbocycles. The highest BCUT2D eigenvalue weighted by atomic mass is 35.5. The summed E-state index contributed by atoms with van der Waals surface area (Å²) in [4.78, 5) is 36.0. The molecule has 2 aromatic rings. The van der Waals surface area contributed by atoms with Gasteiger partial charge in [0.2, 0.25) is 5.91 Å². The Morgan fingerprint density at radius 3 is 2.24 bits per heavy atom. The molecule has 0 saturated heterocycles. The molecule has 4 N–H and O–H groups in total. The molecule has 0 bridgehead atoms. The number of halogens is 1. The maximum Gasteiger partial charge on any atom is 0.312 e. The van der Waals surface area contributed by atoms with Crippen LogP contribution in [0, 0.1) is 6.92 Å². The van der Waals surface area contributed by atoms with E-state index in [0.717, 1.165) is 11.1 Å². The Morgan fingerprint density at radius 1 is 1.00 bits per heavy atom. The Morgan fingerprint density at radius 2 is 1.66 bits per heavy atom. The summed E-state index contributed by atoms with van der Waals surface area (Å²) in [6.07, 6.45) is -0.0821. The van der Waals surface area contributed by atoms with Gasteiger partial charge < -0.3 is 21.1 Å². The molecule has 0 spiro atoms. The smallest absolute Gasteiger partial charge is 0.312 e. The first-order valence-electron chi connectivity index (χ1n) is 9.03. The van der Waals surface area contributed by atoms with Crippen molar-refractivity contribution in [1.29, 1.82) is 0 Å².